The Kier molecular flexibility index (Phi) is 5.80. The Morgan fingerprint density at radius 1 is 0.645 bits per heavy atom. The van der Waals surface area contributed by atoms with Crippen LogP contribution in [0.15, 0.2) is 0 Å². The Morgan fingerprint density at radius 3 is 1.29 bits per heavy atom. The summed E-state index contributed by atoms with van der Waals surface area (Å²) in [6, 6.07) is -48.1. The zero-order chi connectivity index (χ0) is 25.4. The predicted octanol–water partition coefficient (Wildman–Crippen LogP) is 4.53. The summed E-state index contributed by atoms with van der Waals surface area (Å²) in [5.74, 6) is -12.1. The highest BCUT2D eigenvalue weighted by Crippen LogP contribution is 2.65. The van der Waals surface area contributed by atoms with Crippen LogP contribution in [0.3, 0.4) is 0 Å². The molecule has 184 valence electrons. The Labute approximate surface area is 157 Å². The SMILES string of the molecule is COC(=O)C(F)(F)N1C(F)(F)C(F)(F)N(C(F)(F)C(F)(F)F)C(F)(F)C(F)(F)C1(F)F. The molecule has 1 rings (SSSR count). The molecule has 0 aromatic heterocycles. The minimum atomic E-state index is -8.30. The van der Waals surface area contributed by atoms with Crippen molar-refractivity contribution in [2.75, 3.05) is 7.11 Å². The molecule has 1 fully saturated rings. The van der Waals surface area contributed by atoms with E-state index in [9.17, 15) is 79.4 Å². The standard InChI is InChI=1S/C10H3F17N2O2/c1-31-2(30)3(11,12)28-6(18,19)4(13,14)7(20,21)29(8(22,23)5(15,16)17)10(26,27)9(28,24)25/h1H3. The summed E-state index contributed by atoms with van der Waals surface area (Å²) in [7, 11) is -0.265. The van der Waals surface area contributed by atoms with E-state index in [-0.39, 0.29) is 7.11 Å². The number of carbonyl (C=O) groups is 1. The van der Waals surface area contributed by atoms with Crippen molar-refractivity contribution in [2.45, 2.75) is 48.4 Å². The summed E-state index contributed by atoms with van der Waals surface area (Å²) >= 11 is 0. The van der Waals surface area contributed by atoms with Crippen LogP contribution in [0.2, 0.25) is 0 Å². The number of hydrogen-bond donors (Lipinski definition) is 0. The van der Waals surface area contributed by atoms with E-state index in [2.05, 4.69) is 4.74 Å². The second kappa shape index (κ2) is 6.61. The molecule has 21 heteroatoms. The number of halogens is 17. The lowest BCUT2D eigenvalue weighted by Crippen LogP contribution is -2.73. The van der Waals surface area contributed by atoms with Gasteiger partial charge in [0, 0.05) is 0 Å². The number of methoxy groups -OCH3 is 1. The van der Waals surface area contributed by atoms with Gasteiger partial charge in [0.25, 0.3) is 0 Å². The maximum absolute atomic E-state index is 13.8. The monoisotopic (exact) mass is 506 g/mol. The maximum atomic E-state index is 13.8. The summed E-state index contributed by atoms with van der Waals surface area (Å²) in [6.45, 7) is 0. The lowest BCUT2D eigenvalue weighted by Gasteiger charge is -2.43. The fourth-order valence-corrected chi connectivity index (χ4v) is 2.13. The number of hydrogen-bond acceptors (Lipinski definition) is 4. The van der Waals surface area contributed by atoms with Crippen molar-refractivity contribution in [1.82, 2.24) is 9.80 Å². The van der Waals surface area contributed by atoms with Crippen LogP contribution in [-0.2, 0) is 9.53 Å². The molecule has 0 aliphatic carbocycles. The first-order chi connectivity index (χ1) is 13.2. The maximum Gasteiger partial charge on any atom is 0.469 e. The van der Waals surface area contributed by atoms with Gasteiger partial charge in [0.1, 0.15) is 0 Å². The topological polar surface area (TPSA) is 32.8 Å². The number of ether oxygens (including phenoxy) is 1. The third-order valence-corrected chi connectivity index (χ3v) is 3.57. The molecule has 1 aliphatic rings. The fraction of sp³-hybridized carbons (Fsp3) is 0.900. The van der Waals surface area contributed by atoms with Crippen molar-refractivity contribution in [1.29, 1.82) is 0 Å². The minimum Gasteiger partial charge on any atom is -0.463 e. The molecule has 1 saturated heterocycles. The first kappa shape index (κ1) is 27.2. The predicted molar refractivity (Wildman–Crippen MR) is 56.4 cm³/mol. The molecule has 0 N–H and O–H groups in total. The largest absolute Gasteiger partial charge is 0.469 e. The number of alkyl halides is 17. The molecular weight excluding hydrogens is 503 g/mol. The highest BCUT2D eigenvalue weighted by Gasteiger charge is 2.96. The smallest absolute Gasteiger partial charge is 0.463 e. The first-order valence-corrected chi connectivity index (χ1v) is 6.62. The Balaban J connectivity index is 4.22. The Bertz CT molecular complexity index is 729. The van der Waals surface area contributed by atoms with E-state index in [1.54, 1.807) is 0 Å². The van der Waals surface area contributed by atoms with Gasteiger partial charge in [-0.1, -0.05) is 4.90 Å². The van der Waals surface area contributed by atoms with Crippen LogP contribution in [0.25, 0.3) is 0 Å². The molecule has 1 aliphatic heterocycles. The van der Waals surface area contributed by atoms with E-state index < -0.39 is 64.1 Å². The van der Waals surface area contributed by atoms with E-state index in [1.165, 1.54) is 0 Å². The van der Waals surface area contributed by atoms with Crippen LogP contribution in [0.5, 0.6) is 0 Å². The summed E-state index contributed by atoms with van der Waals surface area (Å²) in [5.41, 5.74) is 0. The van der Waals surface area contributed by atoms with Gasteiger partial charge in [0.15, 0.2) is 0 Å². The quantitative estimate of drug-likeness (QED) is 0.320. The number of esters is 1. The van der Waals surface area contributed by atoms with Crippen LogP contribution in [0.1, 0.15) is 0 Å². The van der Waals surface area contributed by atoms with Gasteiger partial charge < -0.3 is 4.74 Å². The molecule has 0 radical (unpaired) electrons. The molecule has 0 amide bonds. The van der Waals surface area contributed by atoms with Crippen molar-refractivity contribution in [2.24, 2.45) is 0 Å². The lowest BCUT2D eigenvalue weighted by atomic mass is 10.2. The van der Waals surface area contributed by atoms with E-state index >= 15 is 0 Å². The van der Waals surface area contributed by atoms with Gasteiger partial charge >= 0.3 is 54.3 Å². The second-order valence-corrected chi connectivity index (χ2v) is 5.48. The molecule has 0 atom stereocenters. The zero-order valence-corrected chi connectivity index (χ0v) is 13.6. The van der Waals surface area contributed by atoms with E-state index in [1.807, 2.05) is 0 Å². The van der Waals surface area contributed by atoms with Crippen LogP contribution in [0.4, 0.5) is 74.6 Å². The van der Waals surface area contributed by atoms with Crippen LogP contribution in [0, 0.1) is 0 Å². The van der Waals surface area contributed by atoms with E-state index in [0.29, 0.717) is 0 Å². The van der Waals surface area contributed by atoms with Crippen molar-refractivity contribution >= 4 is 5.97 Å². The molecule has 4 nitrogen and oxygen atoms in total. The highest BCUT2D eigenvalue weighted by molar-refractivity contribution is 5.77. The van der Waals surface area contributed by atoms with E-state index in [0.717, 1.165) is 0 Å². The van der Waals surface area contributed by atoms with Gasteiger partial charge in [-0.2, -0.15) is 74.6 Å². The average molecular weight is 506 g/mol. The molecule has 0 spiro atoms. The van der Waals surface area contributed by atoms with Gasteiger partial charge in [-0.15, -0.1) is 4.90 Å². The molecule has 0 saturated carbocycles. The molecule has 0 bridgehead atoms. The number of nitrogens with zero attached hydrogens (tertiary/aromatic N) is 2. The fourth-order valence-electron chi connectivity index (χ4n) is 2.13. The molecule has 0 unspecified atom stereocenters. The zero-order valence-electron chi connectivity index (χ0n) is 13.6. The molecule has 1 heterocycles. The summed E-state index contributed by atoms with van der Waals surface area (Å²) < 4.78 is 231. The molecule has 31 heavy (non-hydrogen) atoms. The minimum absolute atomic E-state index is 0.265. The highest BCUT2D eigenvalue weighted by atomic mass is 19.4. The van der Waals surface area contributed by atoms with Crippen molar-refractivity contribution in [3.8, 4) is 0 Å². The normalized spacial score (nSPS) is 26.3. The molecular formula is C10H3F17N2O2. The van der Waals surface area contributed by atoms with Gasteiger partial charge in [-0.25, -0.2) is 4.79 Å². The summed E-state index contributed by atoms with van der Waals surface area (Å²) in [5, 5.41) is 0. The Morgan fingerprint density at radius 2 is 0.968 bits per heavy atom. The average Bonchev–Trinajstić information content (AvgIpc) is 2.51. The summed E-state index contributed by atoms with van der Waals surface area (Å²) in [4.78, 5) is 1.85. The number of rotatable bonds is 3. The molecule has 0 aromatic rings. The van der Waals surface area contributed by atoms with Gasteiger partial charge in [-0.3, -0.25) is 0 Å². The summed E-state index contributed by atoms with van der Waals surface area (Å²) in [6.07, 6.45) is -7.85. The van der Waals surface area contributed by atoms with Crippen LogP contribution in [-0.4, -0.2) is 71.3 Å². The van der Waals surface area contributed by atoms with Crippen molar-refractivity contribution in [3.63, 3.8) is 0 Å². The number of carbonyl (C=O) groups excluding carboxylic acids is 1. The van der Waals surface area contributed by atoms with Gasteiger partial charge in [-0.05, 0) is 0 Å². The third-order valence-electron chi connectivity index (χ3n) is 3.57. The molecule has 0 aromatic carbocycles. The van der Waals surface area contributed by atoms with Crippen molar-refractivity contribution in [3.05, 3.63) is 0 Å². The van der Waals surface area contributed by atoms with Crippen LogP contribution < -0.4 is 0 Å². The van der Waals surface area contributed by atoms with Gasteiger partial charge in [0.2, 0.25) is 0 Å². The third kappa shape index (κ3) is 3.17. The Hall–Kier alpha value is -1.80. The van der Waals surface area contributed by atoms with Crippen molar-refractivity contribution < 1.29 is 84.2 Å². The second-order valence-electron chi connectivity index (χ2n) is 5.48. The lowest BCUT2D eigenvalue weighted by molar-refractivity contribution is -0.484. The van der Waals surface area contributed by atoms with Crippen LogP contribution >= 0.6 is 0 Å². The first-order valence-electron chi connectivity index (χ1n) is 6.62. The van der Waals surface area contributed by atoms with E-state index in [4.69, 9.17) is 0 Å². The van der Waals surface area contributed by atoms with Gasteiger partial charge in [0.05, 0.1) is 7.11 Å².